The molecule has 0 radical (unpaired) electrons. The molecule has 0 bridgehead atoms. The Morgan fingerprint density at radius 2 is 2.22 bits per heavy atom. The summed E-state index contributed by atoms with van der Waals surface area (Å²) in [5.74, 6) is 0.889. The van der Waals surface area contributed by atoms with Gasteiger partial charge in [-0.25, -0.2) is 4.98 Å². The third-order valence-corrected chi connectivity index (χ3v) is 4.54. The highest BCUT2D eigenvalue weighted by molar-refractivity contribution is 5.92. The van der Waals surface area contributed by atoms with Crippen LogP contribution in [0.1, 0.15) is 36.9 Å². The summed E-state index contributed by atoms with van der Waals surface area (Å²) in [4.78, 5) is 16.6. The van der Waals surface area contributed by atoms with E-state index in [-0.39, 0.29) is 11.9 Å². The molecule has 5 heteroatoms. The summed E-state index contributed by atoms with van der Waals surface area (Å²) in [5, 5.41) is 3.01. The number of hydrogen-bond acceptors (Lipinski definition) is 4. The highest BCUT2D eigenvalue weighted by Gasteiger charge is 2.26. The van der Waals surface area contributed by atoms with Crippen LogP contribution in [-0.2, 0) is 4.79 Å². The molecule has 1 aliphatic rings. The van der Waals surface area contributed by atoms with E-state index in [1.54, 1.807) is 6.26 Å². The molecule has 2 aromatic rings. The van der Waals surface area contributed by atoms with Crippen LogP contribution in [0.15, 0.2) is 28.9 Å². The summed E-state index contributed by atoms with van der Waals surface area (Å²) in [6, 6.07) is 5.98. The van der Waals surface area contributed by atoms with Crippen LogP contribution < -0.4 is 11.1 Å². The number of carbonyl (C=O) groups excluding carboxylic acids is 1. The lowest BCUT2D eigenvalue weighted by molar-refractivity contribution is -0.117. The van der Waals surface area contributed by atoms with Gasteiger partial charge in [0.1, 0.15) is 6.26 Å². The van der Waals surface area contributed by atoms with E-state index in [4.69, 9.17) is 10.2 Å². The molecule has 1 fully saturated rings. The average Bonchev–Trinajstić information content (AvgIpc) is 3.11. The smallest absolute Gasteiger partial charge is 0.226 e. The van der Waals surface area contributed by atoms with Crippen LogP contribution >= 0.6 is 0 Å². The van der Waals surface area contributed by atoms with E-state index in [1.165, 1.54) is 0 Å². The van der Waals surface area contributed by atoms with Crippen molar-refractivity contribution in [2.45, 2.75) is 45.6 Å². The van der Waals surface area contributed by atoms with Crippen molar-refractivity contribution in [1.29, 1.82) is 0 Å². The molecule has 5 nitrogen and oxygen atoms in total. The maximum atomic E-state index is 12.3. The standard InChI is InChI=1S/C18H23N3O2/c1-11-6-7-14(18-20-12(2)10-23-18)8-16(11)21-17(22)9-13-4-3-5-15(13)19/h6-8,10,13,15H,3-5,9,19H2,1-2H3,(H,21,22)/t13-,15+/m0/s1. The molecule has 3 N–H and O–H groups in total. The number of rotatable bonds is 4. The number of anilines is 1. The molecule has 122 valence electrons. The average molecular weight is 313 g/mol. The van der Waals surface area contributed by atoms with Gasteiger partial charge in [-0.1, -0.05) is 12.5 Å². The van der Waals surface area contributed by atoms with Crippen molar-refractivity contribution in [2.24, 2.45) is 11.7 Å². The van der Waals surface area contributed by atoms with Gasteiger partial charge in [-0.3, -0.25) is 4.79 Å². The summed E-state index contributed by atoms with van der Waals surface area (Å²) >= 11 is 0. The first-order chi connectivity index (χ1) is 11.0. The van der Waals surface area contributed by atoms with Gasteiger partial charge in [-0.2, -0.15) is 0 Å². The minimum Gasteiger partial charge on any atom is -0.444 e. The number of carbonyl (C=O) groups is 1. The van der Waals surface area contributed by atoms with Crippen molar-refractivity contribution in [3.63, 3.8) is 0 Å². The van der Waals surface area contributed by atoms with Crippen molar-refractivity contribution in [3.05, 3.63) is 35.7 Å². The maximum absolute atomic E-state index is 12.3. The Kier molecular flexibility index (Phi) is 4.48. The minimum absolute atomic E-state index is 0.0242. The van der Waals surface area contributed by atoms with Crippen LogP contribution in [0, 0.1) is 19.8 Å². The van der Waals surface area contributed by atoms with E-state index < -0.39 is 0 Å². The summed E-state index contributed by atoms with van der Waals surface area (Å²) < 4.78 is 5.43. The zero-order valence-electron chi connectivity index (χ0n) is 13.6. The fraction of sp³-hybridized carbons (Fsp3) is 0.444. The Morgan fingerprint density at radius 1 is 1.39 bits per heavy atom. The predicted octanol–water partition coefficient (Wildman–Crippen LogP) is 3.41. The van der Waals surface area contributed by atoms with Gasteiger partial charge in [0, 0.05) is 23.7 Å². The van der Waals surface area contributed by atoms with Crippen LogP contribution in [0.3, 0.4) is 0 Å². The Labute approximate surface area is 136 Å². The minimum atomic E-state index is 0.0242. The first kappa shape index (κ1) is 15.7. The van der Waals surface area contributed by atoms with Gasteiger partial charge in [0.15, 0.2) is 0 Å². The van der Waals surface area contributed by atoms with Gasteiger partial charge >= 0.3 is 0 Å². The molecule has 0 saturated heterocycles. The number of nitrogens with one attached hydrogen (secondary N) is 1. The van der Waals surface area contributed by atoms with Gasteiger partial charge in [0.25, 0.3) is 0 Å². The number of nitrogens with two attached hydrogens (primary N) is 1. The third kappa shape index (κ3) is 3.62. The molecule has 1 aromatic carbocycles. The second-order valence-corrected chi connectivity index (χ2v) is 6.43. The Balaban J connectivity index is 1.73. The van der Waals surface area contributed by atoms with Crippen LogP contribution in [0.25, 0.3) is 11.5 Å². The van der Waals surface area contributed by atoms with Gasteiger partial charge in [-0.05, 0) is 50.3 Å². The second kappa shape index (κ2) is 6.54. The van der Waals surface area contributed by atoms with Crippen molar-refractivity contribution >= 4 is 11.6 Å². The first-order valence-corrected chi connectivity index (χ1v) is 8.11. The number of nitrogens with zero attached hydrogens (tertiary/aromatic N) is 1. The zero-order valence-corrected chi connectivity index (χ0v) is 13.6. The molecule has 1 amide bonds. The van der Waals surface area contributed by atoms with Crippen LogP contribution in [-0.4, -0.2) is 16.9 Å². The molecule has 0 unspecified atom stereocenters. The molecule has 1 aliphatic carbocycles. The topological polar surface area (TPSA) is 81.2 Å². The van der Waals surface area contributed by atoms with Crippen molar-refractivity contribution < 1.29 is 9.21 Å². The largest absolute Gasteiger partial charge is 0.444 e. The van der Waals surface area contributed by atoms with E-state index in [2.05, 4.69) is 10.3 Å². The second-order valence-electron chi connectivity index (χ2n) is 6.43. The molecule has 1 saturated carbocycles. The van der Waals surface area contributed by atoms with E-state index in [9.17, 15) is 4.79 Å². The van der Waals surface area contributed by atoms with E-state index in [1.807, 2.05) is 32.0 Å². The molecule has 23 heavy (non-hydrogen) atoms. The highest BCUT2D eigenvalue weighted by atomic mass is 16.3. The predicted molar refractivity (Wildman–Crippen MR) is 90.0 cm³/mol. The lowest BCUT2D eigenvalue weighted by atomic mass is 9.99. The van der Waals surface area contributed by atoms with Crippen molar-refractivity contribution in [3.8, 4) is 11.5 Å². The number of amides is 1. The molecule has 1 aromatic heterocycles. The fourth-order valence-corrected chi connectivity index (χ4v) is 3.13. The number of benzene rings is 1. The van der Waals surface area contributed by atoms with Gasteiger partial charge < -0.3 is 15.5 Å². The SMILES string of the molecule is Cc1coc(-c2ccc(C)c(NC(=O)C[C@@H]3CCC[C@H]3N)c2)n1. The van der Waals surface area contributed by atoms with Crippen LogP contribution in [0.5, 0.6) is 0 Å². The monoisotopic (exact) mass is 313 g/mol. The molecule has 2 atom stereocenters. The molecular formula is C18H23N3O2. The van der Waals surface area contributed by atoms with Crippen LogP contribution in [0.2, 0.25) is 0 Å². The fourth-order valence-electron chi connectivity index (χ4n) is 3.13. The number of aromatic nitrogens is 1. The zero-order chi connectivity index (χ0) is 16.4. The molecular weight excluding hydrogens is 290 g/mol. The number of hydrogen-bond donors (Lipinski definition) is 2. The molecule has 0 spiro atoms. The van der Waals surface area contributed by atoms with Crippen LogP contribution in [0.4, 0.5) is 5.69 Å². The lowest BCUT2D eigenvalue weighted by Crippen LogP contribution is -2.28. The first-order valence-electron chi connectivity index (χ1n) is 8.11. The molecule has 0 aliphatic heterocycles. The molecule has 1 heterocycles. The van der Waals surface area contributed by atoms with E-state index in [0.717, 1.165) is 41.8 Å². The summed E-state index contributed by atoms with van der Waals surface area (Å²) in [6.07, 6.45) is 5.30. The van der Waals surface area contributed by atoms with Crippen molar-refractivity contribution in [1.82, 2.24) is 4.98 Å². The normalized spacial score (nSPS) is 20.7. The number of aryl methyl sites for hydroxylation is 2. The summed E-state index contributed by atoms with van der Waals surface area (Å²) in [6.45, 7) is 3.86. The van der Waals surface area contributed by atoms with Gasteiger partial charge in [-0.15, -0.1) is 0 Å². The van der Waals surface area contributed by atoms with Crippen molar-refractivity contribution in [2.75, 3.05) is 5.32 Å². The Hall–Kier alpha value is -2.14. The summed E-state index contributed by atoms with van der Waals surface area (Å²) in [5.41, 5.74) is 9.56. The lowest BCUT2D eigenvalue weighted by Gasteiger charge is -2.15. The highest BCUT2D eigenvalue weighted by Crippen LogP contribution is 2.28. The Bertz CT molecular complexity index is 708. The van der Waals surface area contributed by atoms with Gasteiger partial charge in [0.05, 0.1) is 5.69 Å². The summed E-state index contributed by atoms with van der Waals surface area (Å²) in [7, 11) is 0. The molecule has 3 rings (SSSR count). The maximum Gasteiger partial charge on any atom is 0.226 e. The van der Waals surface area contributed by atoms with E-state index in [0.29, 0.717) is 18.2 Å². The van der Waals surface area contributed by atoms with E-state index >= 15 is 0 Å². The number of oxazole rings is 1. The third-order valence-electron chi connectivity index (χ3n) is 4.54. The van der Waals surface area contributed by atoms with Gasteiger partial charge in [0.2, 0.25) is 11.8 Å². The Morgan fingerprint density at radius 3 is 2.87 bits per heavy atom. The quantitative estimate of drug-likeness (QED) is 0.906.